The first-order valence-corrected chi connectivity index (χ1v) is 7.44. The van der Waals surface area contributed by atoms with Gasteiger partial charge in [0.1, 0.15) is 5.82 Å². The third-order valence-corrected chi connectivity index (χ3v) is 3.72. The maximum absolute atomic E-state index is 12.4. The lowest BCUT2D eigenvalue weighted by Gasteiger charge is -2.16. The number of hydrogen-bond donors (Lipinski definition) is 2. The Morgan fingerprint density at radius 2 is 2.00 bits per heavy atom. The molecule has 1 amide bonds. The zero-order valence-corrected chi connectivity index (χ0v) is 12.8. The van der Waals surface area contributed by atoms with E-state index in [1.54, 1.807) is 22.7 Å². The van der Waals surface area contributed by atoms with E-state index in [-0.39, 0.29) is 18.6 Å². The maximum Gasteiger partial charge on any atom is 0.253 e. The highest BCUT2D eigenvalue weighted by molar-refractivity contribution is 5.94. The van der Waals surface area contributed by atoms with E-state index in [1.165, 1.54) is 0 Å². The number of carbonyl (C=O) groups excluding carboxylic acids is 1. The van der Waals surface area contributed by atoms with Gasteiger partial charge in [-0.1, -0.05) is 30.3 Å². The predicted molar refractivity (Wildman–Crippen MR) is 86.2 cm³/mol. The molecule has 3 rings (SSSR count). The van der Waals surface area contributed by atoms with Gasteiger partial charge in [-0.05, 0) is 31.0 Å². The Morgan fingerprint density at radius 3 is 2.74 bits per heavy atom. The highest BCUT2D eigenvalue weighted by atomic mass is 16.3. The van der Waals surface area contributed by atoms with Crippen LogP contribution < -0.4 is 5.32 Å². The molecular formula is C17H18N4O2. The molecule has 0 fully saturated rings. The Kier molecular flexibility index (Phi) is 4.34. The van der Waals surface area contributed by atoms with Gasteiger partial charge in [0.25, 0.3) is 5.91 Å². The first-order chi connectivity index (χ1) is 11.2. The third-order valence-electron chi connectivity index (χ3n) is 3.72. The Labute approximate surface area is 133 Å². The standard InChI is InChI=1S/C17H18N4O2/c1-12-19-20-16-8-7-14(10-21(12)16)17(23)18-15(11-22)9-13-5-3-2-4-6-13/h2-8,10,15,22H,9,11H2,1H3,(H,18,23). The quantitative estimate of drug-likeness (QED) is 0.746. The maximum atomic E-state index is 12.4. The monoisotopic (exact) mass is 310 g/mol. The molecule has 23 heavy (non-hydrogen) atoms. The van der Waals surface area contributed by atoms with Crippen molar-refractivity contribution in [3.05, 3.63) is 65.6 Å². The second kappa shape index (κ2) is 6.58. The summed E-state index contributed by atoms with van der Waals surface area (Å²) in [6, 6.07) is 12.9. The third kappa shape index (κ3) is 3.37. The average Bonchev–Trinajstić information content (AvgIpc) is 2.95. The van der Waals surface area contributed by atoms with E-state index in [0.717, 1.165) is 11.4 Å². The summed E-state index contributed by atoms with van der Waals surface area (Å²) >= 11 is 0. The van der Waals surface area contributed by atoms with Gasteiger partial charge in [-0.25, -0.2) is 0 Å². The number of aryl methyl sites for hydroxylation is 1. The second-order valence-electron chi connectivity index (χ2n) is 5.44. The second-order valence-corrected chi connectivity index (χ2v) is 5.44. The summed E-state index contributed by atoms with van der Waals surface area (Å²) in [4.78, 5) is 12.4. The number of rotatable bonds is 5. The molecule has 0 bridgehead atoms. The van der Waals surface area contributed by atoms with Crippen LogP contribution in [0.2, 0.25) is 0 Å². The lowest BCUT2D eigenvalue weighted by molar-refractivity contribution is 0.0916. The van der Waals surface area contributed by atoms with Crippen molar-refractivity contribution in [2.75, 3.05) is 6.61 Å². The van der Waals surface area contributed by atoms with Crippen LogP contribution in [0.3, 0.4) is 0 Å². The number of aromatic nitrogens is 3. The van der Waals surface area contributed by atoms with Gasteiger partial charge in [-0.15, -0.1) is 10.2 Å². The minimum absolute atomic E-state index is 0.117. The first kappa shape index (κ1) is 15.2. The summed E-state index contributed by atoms with van der Waals surface area (Å²) in [5.74, 6) is 0.493. The van der Waals surface area contributed by atoms with Crippen molar-refractivity contribution in [3.8, 4) is 0 Å². The normalized spacial score (nSPS) is 12.3. The van der Waals surface area contributed by atoms with Gasteiger partial charge in [-0.2, -0.15) is 0 Å². The molecule has 0 aliphatic carbocycles. The van der Waals surface area contributed by atoms with Crippen molar-refractivity contribution in [2.45, 2.75) is 19.4 Å². The summed E-state index contributed by atoms with van der Waals surface area (Å²) in [7, 11) is 0. The average molecular weight is 310 g/mol. The fourth-order valence-electron chi connectivity index (χ4n) is 2.47. The van der Waals surface area contributed by atoms with Crippen LogP contribution in [0.5, 0.6) is 0 Å². The minimum Gasteiger partial charge on any atom is -0.394 e. The molecular weight excluding hydrogens is 292 g/mol. The number of benzene rings is 1. The number of pyridine rings is 1. The van der Waals surface area contributed by atoms with E-state index in [0.29, 0.717) is 17.6 Å². The van der Waals surface area contributed by atoms with Gasteiger partial charge in [0.05, 0.1) is 18.2 Å². The van der Waals surface area contributed by atoms with Gasteiger partial charge in [0.2, 0.25) is 0 Å². The Bertz CT molecular complexity index is 814. The van der Waals surface area contributed by atoms with Crippen molar-refractivity contribution in [2.24, 2.45) is 0 Å². The molecule has 1 unspecified atom stereocenters. The molecule has 0 spiro atoms. The molecule has 6 nitrogen and oxygen atoms in total. The Morgan fingerprint density at radius 1 is 1.22 bits per heavy atom. The van der Waals surface area contributed by atoms with Crippen LogP contribution in [-0.2, 0) is 6.42 Å². The van der Waals surface area contributed by atoms with E-state index in [2.05, 4.69) is 15.5 Å². The molecule has 0 aliphatic rings. The molecule has 118 valence electrons. The van der Waals surface area contributed by atoms with Gasteiger partial charge < -0.3 is 10.4 Å². The molecule has 0 saturated heterocycles. The van der Waals surface area contributed by atoms with Gasteiger partial charge in [0.15, 0.2) is 5.65 Å². The van der Waals surface area contributed by atoms with E-state index in [1.807, 2.05) is 37.3 Å². The Balaban J connectivity index is 1.74. The molecule has 0 aliphatic heterocycles. The van der Waals surface area contributed by atoms with Crippen LogP contribution in [0.15, 0.2) is 48.7 Å². The molecule has 1 aromatic carbocycles. The van der Waals surface area contributed by atoms with Gasteiger partial charge >= 0.3 is 0 Å². The van der Waals surface area contributed by atoms with E-state index in [9.17, 15) is 9.90 Å². The molecule has 0 radical (unpaired) electrons. The number of hydrogen-bond acceptors (Lipinski definition) is 4. The number of aliphatic hydroxyl groups is 1. The molecule has 0 saturated carbocycles. The predicted octanol–water partition coefficient (Wildman–Crippen LogP) is 1.37. The number of aliphatic hydroxyl groups excluding tert-OH is 1. The highest BCUT2D eigenvalue weighted by Gasteiger charge is 2.14. The topological polar surface area (TPSA) is 79.5 Å². The lowest BCUT2D eigenvalue weighted by atomic mass is 10.1. The largest absolute Gasteiger partial charge is 0.394 e. The molecule has 2 aromatic heterocycles. The van der Waals surface area contributed by atoms with Crippen LogP contribution in [0.25, 0.3) is 5.65 Å². The van der Waals surface area contributed by atoms with Crippen molar-refractivity contribution in [3.63, 3.8) is 0 Å². The number of carbonyl (C=O) groups is 1. The van der Waals surface area contributed by atoms with Crippen LogP contribution in [0, 0.1) is 6.92 Å². The van der Waals surface area contributed by atoms with Crippen LogP contribution in [-0.4, -0.2) is 38.3 Å². The van der Waals surface area contributed by atoms with Crippen LogP contribution in [0.1, 0.15) is 21.7 Å². The van der Waals surface area contributed by atoms with Crippen molar-refractivity contribution in [1.82, 2.24) is 19.9 Å². The molecule has 1 atom stereocenters. The summed E-state index contributed by atoms with van der Waals surface area (Å²) in [5, 5.41) is 20.4. The number of amides is 1. The number of nitrogens with zero attached hydrogens (tertiary/aromatic N) is 3. The molecule has 2 N–H and O–H groups in total. The highest BCUT2D eigenvalue weighted by Crippen LogP contribution is 2.08. The number of fused-ring (bicyclic) bond motifs is 1. The molecule has 2 heterocycles. The smallest absolute Gasteiger partial charge is 0.253 e. The van der Waals surface area contributed by atoms with Crippen molar-refractivity contribution < 1.29 is 9.90 Å². The lowest BCUT2D eigenvalue weighted by Crippen LogP contribution is -2.39. The molecule has 3 aromatic rings. The summed E-state index contributed by atoms with van der Waals surface area (Å²) in [6.45, 7) is 1.71. The zero-order valence-electron chi connectivity index (χ0n) is 12.8. The van der Waals surface area contributed by atoms with Gasteiger partial charge in [-0.3, -0.25) is 9.20 Å². The number of nitrogens with one attached hydrogen (secondary N) is 1. The fourth-order valence-corrected chi connectivity index (χ4v) is 2.47. The first-order valence-electron chi connectivity index (χ1n) is 7.44. The fraction of sp³-hybridized carbons (Fsp3) is 0.235. The Hall–Kier alpha value is -2.73. The van der Waals surface area contributed by atoms with Crippen LogP contribution >= 0.6 is 0 Å². The minimum atomic E-state index is -0.331. The van der Waals surface area contributed by atoms with Crippen molar-refractivity contribution in [1.29, 1.82) is 0 Å². The van der Waals surface area contributed by atoms with E-state index < -0.39 is 0 Å². The van der Waals surface area contributed by atoms with E-state index >= 15 is 0 Å². The summed E-state index contributed by atoms with van der Waals surface area (Å²) in [6.07, 6.45) is 2.29. The van der Waals surface area contributed by atoms with Crippen molar-refractivity contribution >= 4 is 11.6 Å². The van der Waals surface area contributed by atoms with E-state index in [4.69, 9.17) is 0 Å². The van der Waals surface area contributed by atoms with Gasteiger partial charge in [0, 0.05) is 6.20 Å². The molecule has 6 heteroatoms. The summed E-state index contributed by atoms with van der Waals surface area (Å²) in [5.41, 5.74) is 2.27. The van der Waals surface area contributed by atoms with Crippen LogP contribution in [0.4, 0.5) is 0 Å². The summed E-state index contributed by atoms with van der Waals surface area (Å²) < 4.78 is 1.76. The SMILES string of the molecule is Cc1nnc2ccc(C(=O)NC(CO)Cc3ccccc3)cn12. The zero-order chi connectivity index (χ0) is 16.2.